The van der Waals surface area contributed by atoms with E-state index in [1.807, 2.05) is 60.7 Å². The summed E-state index contributed by atoms with van der Waals surface area (Å²) < 4.78 is 30.3. The maximum Gasteiger partial charge on any atom is 0.328 e. The number of sulfone groups is 1. The summed E-state index contributed by atoms with van der Waals surface area (Å²) in [4.78, 5) is 26.3. The van der Waals surface area contributed by atoms with E-state index in [4.69, 9.17) is 4.74 Å². The molecule has 0 heterocycles. The highest BCUT2D eigenvalue weighted by atomic mass is 32.2. The molecule has 0 aliphatic carbocycles. The van der Waals surface area contributed by atoms with Gasteiger partial charge in [0.15, 0.2) is 9.84 Å². The van der Waals surface area contributed by atoms with Crippen LogP contribution >= 0.6 is 0 Å². The van der Waals surface area contributed by atoms with E-state index in [-0.39, 0.29) is 17.1 Å². The number of carbonyl (C=O) groups is 2. The maximum atomic E-state index is 13.6. The summed E-state index contributed by atoms with van der Waals surface area (Å²) in [5.74, 6) is -1.44. The zero-order chi connectivity index (χ0) is 23.9. The molecule has 1 amide bonds. The van der Waals surface area contributed by atoms with Crippen LogP contribution in [0.3, 0.4) is 0 Å². The Kier molecular flexibility index (Phi) is 7.66. The Bertz CT molecular complexity index is 1140. The molecule has 1 atom stereocenters. The van der Waals surface area contributed by atoms with E-state index in [0.29, 0.717) is 0 Å². The summed E-state index contributed by atoms with van der Waals surface area (Å²) in [7, 11) is -2.42. The Morgan fingerprint density at radius 2 is 1.30 bits per heavy atom. The molecule has 172 valence electrons. The first kappa shape index (κ1) is 24.2. The van der Waals surface area contributed by atoms with Crippen molar-refractivity contribution in [3.05, 3.63) is 102 Å². The highest BCUT2D eigenvalue weighted by molar-refractivity contribution is 7.91. The predicted octanol–water partition coefficient (Wildman–Crippen LogP) is 3.51. The molecule has 33 heavy (non-hydrogen) atoms. The largest absolute Gasteiger partial charge is 0.467 e. The first-order valence-electron chi connectivity index (χ1n) is 10.6. The third kappa shape index (κ3) is 5.49. The Morgan fingerprint density at radius 3 is 1.76 bits per heavy atom. The molecule has 0 unspecified atom stereocenters. The van der Waals surface area contributed by atoms with Gasteiger partial charge in [-0.15, -0.1) is 0 Å². The van der Waals surface area contributed by atoms with Gasteiger partial charge in [0.05, 0.1) is 23.2 Å². The number of rotatable bonds is 9. The SMILES string of the molecule is COC(=O)[C@@H](CCS(=O)(=O)c1ccccc1)NC(=O)C(C)(c1ccccc1)c1ccccc1. The van der Waals surface area contributed by atoms with E-state index in [9.17, 15) is 18.0 Å². The van der Waals surface area contributed by atoms with Gasteiger partial charge in [0.1, 0.15) is 6.04 Å². The second kappa shape index (κ2) is 10.4. The van der Waals surface area contributed by atoms with Crippen LogP contribution < -0.4 is 5.32 Å². The lowest BCUT2D eigenvalue weighted by Gasteiger charge is -2.31. The molecule has 3 rings (SSSR count). The van der Waals surface area contributed by atoms with E-state index in [2.05, 4.69) is 5.32 Å². The fraction of sp³-hybridized carbons (Fsp3) is 0.231. The molecule has 0 radical (unpaired) electrons. The third-order valence-corrected chi connectivity index (χ3v) is 7.49. The molecular weight excluding hydrogens is 438 g/mol. The summed E-state index contributed by atoms with van der Waals surface area (Å²) in [5, 5.41) is 2.75. The first-order chi connectivity index (χ1) is 15.8. The standard InChI is InChI=1S/C26H27NO5S/c1-26(20-12-6-3-7-13-20,21-14-8-4-9-15-21)25(29)27-23(24(28)32-2)18-19-33(30,31)22-16-10-5-11-17-22/h3-17,23H,18-19H2,1-2H3,(H,27,29)/t23-/m1/s1. The lowest BCUT2D eigenvalue weighted by atomic mass is 9.75. The van der Waals surface area contributed by atoms with Gasteiger partial charge >= 0.3 is 5.97 Å². The number of esters is 1. The van der Waals surface area contributed by atoms with Crippen molar-refractivity contribution in [2.75, 3.05) is 12.9 Å². The van der Waals surface area contributed by atoms with Crippen molar-refractivity contribution in [3.63, 3.8) is 0 Å². The Labute approximate surface area is 194 Å². The molecule has 0 saturated heterocycles. The lowest BCUT2D eigenvalue weighted by molar-refractivity contribution is -0.145. The fourth-order valence-corrected chi connectivity index (χ4v) is 5.04. The molecule has 0 spiro atoms. The summed E-state index contributed by atoms with van der Waals surface area (Å²) >= 11 is 0. The van der Waals surface area contributed by atoms with Crippen LogP contribution in [0.15, 0.2) is 95.9 Å². The molecule has 0 aromatic heterocycles. The zero-order valence-electron chi connectivity index (χ0n) is 18.6. The van der Waals surface area contributed by atoms with Crippen molar-refractivity contribution in [3.8, 4) is 0 Å². The van der Waals surface area contributed by atoms with Crippen molar-refractivity contribution < 1.29 is 22.7 Å². The number of carbonyl (C=O) groups excluding carboxylic acids is 2. The Hall–Kier alpha value is -3.45. The van der Waals surface area contributed by atoms with E-state index in [1.54, 1.807) is 25.1 Å². The van der Waals surface area contributed by atoms with Crippen LogP contribution in [0.1, 0.15) is 24.5 Å². The van der Waals surface area contributed by atoms with Crippen LogP contribution in [-0.2, 0) is 29.6 Å². The fourth-order valence-electron chi connectivity index (χ4n) is 3.68. The van der Waals surface area contributed by atoms with E-state index in [0.717, 1.165) is 11.1 Å². The van der Waals surface area contributed by atoms with Crippen molar-refractivity contribution in [1.82, 2.24) is 5.32 Å². The number of ether oxygens (including phenoxy) is 1. The van der Waals surface area contributed by atoms with Crippen molar-refractivity contribution in [2.45, 2.75) is 29.7 Å². The Balaban J connectivity index is 1.88. The van der Waals surface area contributed by atoms with Crippen LogP contribution in [0.25, 0.3) is 0 Å². The van der Waals surface area contributed by atoms with Gasteiger partial charge in [0, 0.05) is 0 Å². The average molecular weight is 466 g/mol. The number of hydrogen-bond donors (Lipinski definition) is 1. The molecule has 0 saturated carbocycles. The predicted molar refractivity (Wildman–Crippen MR) is 126 cm³/mol. The monoisotopic (exact) mass is 465 g/mol. The number of benzene rings is 3. The minimum absolute atomic E-state index is 0.116. The van der Waals surface area contributed by atoms with Crippen molar-refractivity contribution >= 4 is 21.7 Å². The van der Waals surface area contributed by atoms with E-state index >= 15 is 0 Å². The summed E-state index contributed by atoms with van der Waals surface area (Å²) in [6.45, 7) is 1.78. The highest BCUT2D eigenvalue weighted by Gasteiger charge is 2.39. The maximum absolute atomic E-state index is 13.6. The molecule has 3 aromatic carbocycles. The topological polar surface area (TPSA) is 89.5 Å². The van der Waals surface area contributed by atoms with Gasteiger partial charge < -0.3 is 10.1 Å². The zero-order valence-corrected chi connectivity index (χ0v) is 19.4. The van der Waals surface area contributed by atoms with E-state index < -0.39 is 33.2 Å². The van der Waals surface area contributed by atoms with Gasteiger partial charge in [0.2, 0.25) is 5.91 Å². The van der Waals surface area contributed by atoms with Gasteiger partial charge in [0.25, 0.3) is 0 Å². The second-order valence-corrected chi connectivity index (χ2v) is 9.94. The van der Waals surface area contributed by atoms with Gasteiger partial charge in [-0.05, 0) is 36.6 Å². The van der Waals surface area contributed by atoms with Gasteiger partial charge in [-0.2, -0.15) is 0 Å². The van der Waals surface area contributed by atoms with Crippen LogP contribution in [0.5, 0.6) is 0 Å². The summed E-state index contributed by atoms with van der Waals surface area (Å²) in [6.07, 6.45) is -0.116. The molecule has 7 heteroatoms. The van der Waals surface area contributed by atoms with Gasteiger partial charge in [-0.25, -0.2) is 13.2 Å². The smallest absolute Gasteiger partial charge is 0.328 e. The second-order valence-electron chi connectivity index (χ2n) is 7.83. The molecular formula is C26H27NO5S. The molecule has 3 aromatic rings. The van der Waals surface area contributed by atoms with E-state index in [1.165, 1.54) is 19.2 Å². The van der Waals surface area contributed by atoms with Gasteiger partial charge in [-0.1, -0.05) is 78.9 Å². The number of amides is 1. The molecule has 0 aliphatic rings. The Morgan fingerprint density at radius 1 is 0.848 bits per heavy atom. The number of methoxy groups -OCH3 is 1. The quantitative estimate of drug-likeness (QED) is 0.489. The van der Waals surface area contributed by atoms with Crippen molar-refractivity contribution in [2.24, 2.45) is 0 Å². The van der Waals surface area contributed by atoms with Crippen LogP contribution in [0.4, 0.5) is 0 Å². The minimum atomic E-state index is -3.63. The minimum Gasteiger partial charge on any atom is -0.467 e. The molecule has 0 fully saturated rings. The highest BCUT2D eigenvalue weighted by Crippen LogP contribution is 2.32. The molecule has 0 aliphatic heterocycles. The lowest BCUT2D eigenvalue weighted by Crippen LogP contribution is -2.50. The first-order valence-corrected chi connectivity index (χ1v) is 12.2. The van der Waals surface area contributed by atoms with Crippen LogP contribution in [0.2, 0.25) is 0 Å². The van der Waals surface area contributed by atoms with Gasteiger partial charge in [-0.3, -0.25) is 4.79 Å². The van der Waals surface area contributed by atoms with Crippen LogP contribution in [0, 0.1) is 0 Å². The third-order valence-electron chi connectivity index (χ3n) is 5.73. The molecule has 1 N–H and O–H groups in total. The number of hydrogen-bond acceptors (Lipinski definition) is 5. The normalized spacial score (nSPS) is 12.5. The summed E-state index contributed by atoms with van der Waals surface area (Å²) in [5.41, 5.74) is 0.385. The average Bonchev–Trinajstić information content (AvgIpc) is 2.87. The summed E-state index contributed by atoms with van der Waals surface area (Å²) in [6, 6.07) is 25.4. The van der Waals surface area contributed by atoms with Crippen LogP contribution in [-0.4, -0.2) is 39.2 Å². The molecule has 6 nitrogen and oxygen atoms in total. The molecule has 0 bridgehead atoms. The van der Waals surface area contributed by atoms with Crippen molar-refractivity contribution in [1.29, 1.82) is 0 Å². The number of nitrogens with one attached hydrogen (secondary N) is 1.